The average molecular weight is 464 g/mol. The number of anilines is 2. The zero-order valence-electron chi connectivity index (χ0n) is 19.6. The first-order valence-electron chi connectivity index (χ1n) is 11.2. The van der Waals surface area contributed by atoms with E-state index in [1.807, 2.05) is 30.3 Å². The van der Waals surface area contributed by atoms with Crippen LogP contribution < -0.4 is 30.2 Å². The van der Waals surface area contributed by atoms with Gasteiger partial charge in [-0.1, -0.05) is 18.2 Å². The molecule has 2 heterocycles. The Hall–Kier alpha value is -3.85. The highest BCUT2D eigenvalue weighted by Crippen LogP contribution is 2.37. The van der Waals surface area contributed by atoms with Crippen LogP contribution in [-0.2, 0) is 11.3 Å². The predicted octanol–water partition coefficient (Wildman–Crippen LogP) is 3.20. The summed E-state index contributed by atoms with van der Waals surface area (Å²) in [5, 5.41) is 9.34. The molecule has 1 aromatic heterocycles. The molecule has 3 N–H and O–H groups in total. The summed E-state index contributed by atoms with van der Waals surface area (Å²) >= 11 is 0. The van der Waals surface area contributed by atoms with E-state index in [1.165, 1.54) is 6.92 Å². The van der Waals surface area contributed by atoms with Crippen molar-refractivity contribution in [2.24, 2.45) is 0 Å². The molecule has 2 aromatic carbocycles. The largest absolute Gasteiger partial charge is 0.486 e. The first kappa shape index (κ1) is 23.3. The monoisotopic (exact) mass is 463 g/mol. The van der Waals surface area contributed by atoms with Gasteiger partial charge in [0.25, 0.3) is 0 Å². The van der Waals surface area contributed by atoms with Gasteiger partial charge in [-0.3, -0.25) is 4.79 Å². The highest BCUT2D eigenvalue weighted by Gasteiger charge is 2.15. The van der Waals surface area contributed by atoms with E-state index in [-0.39, 0.29) is 5.91 Å². The van der Waals surface area contributed by atoms with Crippen LogP contribution in [0.1, 0.15) is 18.2 Å². The van der Waals surface area contributed by atoms with Gasteiger partial charge in [0.2, 0.25) is 17.7 Å². The molecule has 4 rings (SSSR count). The van der Waals surface area contributed by atoms with E-state index in [4.69, 9.17) is 14.2 Å². The van der Waals surface area contributed by atoms with Crippen LogP contribution >= 0.6 is 0 Å². The van der Waals surface area contributed by atoms with Gasteiger partial charge in [-0.2, -0.15) is 4.98 Å². The molecule has 1 amide bonds. The van der Waals surface area contributed by atoms with Gasteiger partial charge >= 0.3 is 0 Å². The molecule has 0 unspecified atom stereocenters. The predicted molar refractivity (Wildman–Crippen MR) is 130 cm³/mol. The molecule has 178 valence electrons. The van der Waals surface area contributed by atoms with Gasteiger partial charge in [-0.15, -0.1) is 0 Å². The van der Waals surface area contributed by atoms with Crippen LogP contribution in [0.4, 0.5) is 11.6 Å². The molecule has 9 heteroatoms. The van der Waals surface area contributed by atoms with Crippen LogP contribution in [0.2, 0.25) is 0 Å². The number of benzene rings is 2. The molecule has 1 aliphatic heterocycles. The van der Waals surface area contributed by atoms with E-state index < -0.39 is 0 Å². The van der Waals surface area contributed by atoms with Crippen molar-refractivity contribution in [1.29, 1.82) is 0 Å². The number of hydrogen-bond acceptors (Lipinski definition) is 8. The second-order valence-corrected chi connectivity index (χ2v) is 7.85. The zero-order chi connectivity index (χ0) is 23.9. The van der Waals surface area contributed by atoms with Crippen LogP contribution in [0, 0.1) is 6.92 Å². The van der Waals surface area contributed by atoms with Crippen molar-refractivity contribution in [1.82, 2.24) is 20.6 Å². The number of carbonyl (C=O) groups is 1. The second-order valence-electron chi connectivity index (χ2n) is 7.85. The minimum Gasteiger partial charge on any atom is -0.486 e. The number of hydrogen-bond donors (Lipinski definition) is 3. The molecule has 1 aliphatic rings. The second kappa shape index (κ2) is 10.8. The van der Waals surface area contributed by atoms with Gasteiger partial charge in [0, 0.05) is 38.3 Å². The maximum atomic E-state index is 11.0. The number of methoxy groups -OCH3 is 1. The summed E-state index contributed by atoms with van der Waals surface area (Å²) in [7, 11) is 1.58. The van der Waals surface area contributed by atoms with Crippen LogP contribution in [0.5, 0.6) is 17.4 Å². The van der Waals surface area contributed by atoms with E-state index in [0.29, 0.717) is 44.7 Å². The van der Waals surface area contributed by atoms with Crippen molar-refractivity contribution in [2.45, 2.75) is 20.4 Å². The third-order valence-corrected chi connectivity index (χ3v) is 5.38. The maximum Gasteiger partial charge on any atom is 0.230 e. The number of nitrogens with zero attached hydrogens (tertiary/aromatic N) is 2. The van der Waals surface area contributed by atoms with Crippen LogP contribution in [-0.4, -0.2) is 49.3 Å². The fraction of sp³-hybridized carbons (Fsp3) is 0.320. The van der Waals surface area contributed by atoms with E-state index in [9.17, 15) is 4.79 Å². The summed E-state index contributed by atoms with van der Waals surface area (Å²) < 4.78 is 16.8. The molecular weight excluding hydrogens is 434 g/mol. The van der Waals surface area contributed by atoms with Gasteiger partial charge in [-0.25, -0.2) is 4.98 Å². The molecule has 0 saturated heterocycles. The Morgan fingerprint density at radius 1 is 1.06 bits per heavy atom. The fourth-order valence-electron chi connectivity index (χ4n) is 3.68. The van der Waals surface area contributed by atoms with Crippen LogP contribution in [0.15, 0.2) is 42.5 Å². The summed E-state index contributed by atoms with van der Waals surface area (Å²) in [5.41, 5.74) is 4.84. The van der Waals surface area contributed by atoms with Crippen molar-refractivity contribution in [2.75, 3.05) is 38.7 Å². The van der Waals surface area contributed by atoms with Gasteiger partial charge < -0.3 is 30.2 Å². The molecule has 0 spiro atoms. The number of fused-ring (bicyclic) bond motifs is 1. The van der Waals surface area contributed by atoms with Crippen LogP contribution in [0.25, 0.3) is 11.1 Å². The minimum absolute atomic E-state index is 0.0501. The van der Waals surface area contributed by atoms with E-state index >= 15 is 0 Å². The number of rotatable bonds is 9. The molecule has 3 aromatic rings. The number of aromatic nitrogens is 2. The first-order valence-corrected chi connectivity index (χ1v) is 11.2. The molecular formula is C25H29N5O4. The summed E-state index contributed by atoms with van der Waals surface area (Å²) in [6.45, 7) is 6.37. The molecule has 0 radical (unpaired) electrons. The van der Waals surface area contributed by atoms with Crippen molar-refractivity contribution in [3.05, 3.63) is 53.7 Å². The third kappa shape index (κ3) is 5.74. The highest BCUT2D eigenvalue weighted by molar-refractivity contribution is 5.76. The molecule has 0 atom stereocenters. The number of amides is 1. The summed E-state index contributed by atoms with van der Waals surface area (Å²) in [5.74, 6) is 2.39. The molecule has 0 saturated carbocycles. The SMILES string of the molecule is COc1cc(CNCCNC(C)=O)nc(Nc2cccc(-c3ccc4c(c3)OCCO4)c2C)n1. The van der Waals surface area contributed by atoms with Gasteiger partial charge in [0.05, 0.1) is 12.8 Å². The fourth-order valence-corrected chi connectivity index (χ4v) is 3.68. The lowest BCUT2D eigenvalue weighted by molar-refractivity contribution is -0.118. The van der Waals surface area contributed by atoms with E-state index in [2.05, 4.69) is 38.9 Å². The van der Waals surface area contributed by atoms with Crippen molar-refractivity contribution in [3.63, 3.8) is 0 Å². The van der Waals surface area contributed by atoms with Gasteiger partial charge in [0.1, 0.15) is 13.2 Å². The van der Waals surface area contributed by atoms with Gasteiger partial charge in [-0.05, 0) is 41.8 Å². The lowest BCUT2D eigenvalue weighted by atomic mass is 9.98. The van der Waals surface area contributed by atoms with Crippen molar-refractivity contribution < 1.29 is 19.0 Å². The third-order valence-electron chi connectivity index (χ3n) is 5.38. The van der Waals surface area contributed by atoms with Gasteiger partial charge in [0.15, 0.2) is 11.5 Å². The zero-order valence-corrected chi connectivity index (χ0v) is 19.6. The maximum absolute atomic E-state index is 11.0. The standard InChI is InChI=1S/C25H29N5O4/c1-16-20(18-7-8-22-23(13-18)34-12-11-33-22)5-4-6-21(16)29-25-28-19(14-24(30-25)32-3)15-26-9-10-27-17(2)31/h4-8,13-14,26H,9-12,15H2,1-3H3,(H,27,31)(H,28,29,30). The molecule has 0 bridgehead atoms. The van der Waals surface area contributed by atoms with Crippen molar-refractivity contribution >= 4 is 17.5 Å². The minimum atomic E-state index is -0.0501. The molecule has 9 nitrogen and oxygen atoms in total. The molecule has 0 aliphatic carbocycles. The van der Waals surface area contributed by atoms with Crippen LogP contribution in [0.3, 0.4) is 0 Å². The normalized spacial score (nSPS) is 12.2. The topological polar surface area (TPSA) is 107 Å². The number of carbonyl (C=O) groups excluding carboxylic acids is 1. The quantitative estimate of drug-likeness (QED) is 0.416. The van der Waals surface area contributed by atoms with E-state index in [1.54, 1.807) is 13.2 Å². The Balaban J connectivity index is 1.52. The number of ether oxygens (including phenoxy) is 3. The Labute approximate surface area is 198 Å². The Kier molecular flexibility index (Phi) is 7.44. The molecule has 34 heavy (non-hydrogen) atoms. The highest BCUT2D eigenvalue weighted by atomic mass is 16.6. The Morgan fingerprint density at radius 3 is 2.68 bits per heavy atom. The average Bonchev–Trinajstić information content (AvgIpc) is 2.84. The lowest BCUT2D eigenvalue weighted by Crippen LogP contribution is -2.30. The van der Waals surface area contributed by atoms with Crippen molar-refractivity contribution in [3.8, 4) is 28.5 Å². The number of nitrogens with one attached hydrogen (secondary N) is 3. The lowest BCUT2D eigenvalue weighted by Gasteiger charge is -2.20. The summed E-state index contributed by atoms with van der Waals surface area (Å²) in [6, 6.07) is 13.8. The smallest absolute Gasteiger partial charge is 0.230 e. The Morgan fingerprint density at radius 2 is 1.88 bits per heavy atom. The first-order chi connectivity index (χ1) is 16.5. The molecule has 0 fully saturated rings. The Bertz CT molecular complexity index is 1170. The summed E-state index contributed by atoms with van der Waals surface area (Å²) in [4.78, 5) is 20.1. The summed E-state index contributed by atoms with van der Waals surface area (Å²) in [6.07, 6.45) is 0. The van der Waals surface area contributed by atoms with E-state index in [0.717, 1.165) is 39.6 Å².